The SMILES string of the molecule is CC/C=C\C/C=C\C/C=C\C/C=C\C/C=C\C/C=C\C/C=C\C/C=C\CCCCC(=O)OC(COC(=O)CCCCCCCCCCCCCCCCCCCCCCCCCCCCCCCCCCCCC)COP(=O)(O)OCCN. The van der Waals surface area contributed by atoms with Gasteiger partial charge in [0, 0.05) is 19.4 Å². The molecule has 0 amide bonds. The largest absolute Gasteiger partial charge is 0.472 e. The van der Waals surface area contributed by atoms with Gasteiger partial charge in [-0.1, -0.05) is 329 Å². The highest BCUT2D eigenvalue weighted by Crippen LogP contribution is 2.43. The van der Waals surface area contributed by atoms with E-state index in [9.17, 15) is 19.0 Å². The zero-order valence-electron chi connectivity index (χ0n) is 53.9. The van der Waals surface area contributed by atoms with Crippen molar-refractivity contribution < 1.29 is 37.6 Å². The Kier molecular flexibility index (Phi) is 65.5. The van der Waals surface area contributed by atoms with Crippen molar-refractivity contribution in [2.45, 2.75) is 328 Å². The van der Waals surface area contributed by atoms with Crippen molar-refractivity contribution in [3.05, 3.63) is 97.2 Å². The van der Waals surface area contributed by atoms with Crippen LogP contribution in [0.1, 0.15) is 322 Å². The summed E-state index contributed by atoms with van der Waals surface area (Å²) in [5.74, 6) is -0.873. The number of unbranched alkanes of at least 4 members (excludes halogenated alkanes) is 36. The Hall–Kier alpha value is -3.07. The maximum Gasteiger partial charge on any atom is 0.472 e. The standard InChI is InChI=1S/C73H130NO8P/c1-3-5-7-9-11-13-15-17-19-21-23-25-27-29-31-32-33-34-35-36-37-38-40-41-43-45-47-49-51-53-55-57-59-61-63-65-72(75)79-69-71(70-81-83(77,78)80-68-67-74)82-73(76)66-64-62-60-58-56-54-52-50-48-46-44-42-39-30-28-26-24-22-20-18-16-14-12-10-8-6-4-2/h6,8,12,14,18,20,24,26,30,39,44,46,50,52,56,58,71H,3-5,7,9-11,13,15-17,19,21-23,25,27-29,31-38,40-43,45,47-49,51,53-55,57,59-70,74H2,1-2H3,(H,77,78)/b8-6-,14-12-,20-18-,26-24-,39-30-,46-44-,52-50-,58-56-. The Morgan fingerprint density at radius 3 is 0.988 bits per heavy atom. The molecule has 2 atom stereocenters. The van der Waals surface area contributed by atoms with Gasteiger partial charge in [-0.25, -0.2) is 4.57 Å². The Morgan fingerprint density at radius 2 is 0.663 bits per heavy atom. The maximum atomic E-state index is 12.7. The van der Waals surface area contributed by atoms with E-state index >= 15 is 0 Å². The number of hydrogen-bond acceptors (Lipinski definition) is 8. The lowest BCUT2D eigenvalue weighted by atomic mass is 10.0. The number of hydrogen-bond donors (Lipinski definition) is 2. The summed E-state index contributed by atoms with van der Waals surface area (Å²) in [6, 6.07) is 0. The second-order valence-electron chi connectivity index (χ2n) is 23.0. The topological polar surface area (TPSA) is 134 Å². The van der Waals surface area contributed by atoms with Crippen molar-refractivity contribution in [1.82, 2.24) is 0 Å². The van der Waals surface area contributed by atoms with Gasteiger partial charge in [-0.05, 0) is 77.0 Å². The highest BCUT2D eigenvalue weighted by Gasteiger charge is 2.26. The van der Waals surface area contributed by atoms with Crippen LogP contribution in [0.3, 0.4) is 0 Å². The normalized spacial score (nSPS) is 13.5. The average molecular weight is 1180 g/mol. The minimum Gasteiger partial charge on any atom is -0.462 e. The van der Waals surface area contributed by atoms with E-state index < -0.39 is 26.5 Å². The van der Waals surface area contributed by atoms with Crippen LogP contribution in [0, 0.1) is 0 Å². The number of ether oxygens (including phenoxy) is 2. The van der Waals surface area contributed by atoms with Crippen LogP contribution in [-0.4, -0.2) is 49.3 Å². The molecule has 0 saturated heterocycles. The predicted molar refractivity (Wildman–Crippen MR) is 358 cm³/mol. The molecule has 9 nitrogen and oxygen atoms in total. The van der Waals surface area contributed by atoms with Crippen LogP contribution in [-0.2, 0) is 32.7 Å². The van der Waals surface area contributed by atoms with Gasteiger partial charge < -0.3 is 20.1 Å². The molecule has 0 aliphatic carbocycles. The molecule has 0 fully saturated rings. The number of phosphoric ester groups is 1. The summed E-state index contributed by atoms with van der Waals surface area (Å²) < 4.78 is 33.1. The first-order chi connectivity index (χ1) is 40.8. The fourth-order valence-corrected chi connectivity index (χ4v) is 10.7. The molecule has 0 spiro atoms. The molecule has 0 aromatic rings. The van der Waals surface area contributed by atoms with E-state index in [1.165, 1.54) is 205 Å². The second-order valence-corrected chi connectivity index (χ2v) is 24.5. The Bertz CT molecular complexity index is 1680. The number of allylic oxidation sites excluding steroid dienone is 16. The Labute approximate surface area is 512 Å². The van der Waals surface area contributed by atoms with E-state index in [0.29, 0.717) is 6.42 Å². The van der Waals surface area contributed by atoms with E-state index in [1.807, 2.05) is 0 Å². The molecule has 0 heterocycles. The van der Waals surface area contributed by atoms with Crippen molar-refractivity contribution in [3.63, 3.8) is 0 Å². The van der Waals surface area contributed by atoms with Gasteiger partial charge in [-0.3, -0.25) is 18.6 Å². The molecule has 0 saturated carbocycles. The Balaban J connectivity index is 3.91. The molecule has 0 aromatic carbocycles. The van der Waals surface area contributed by atoms with E-state index in [1.54, 1.807) is 0 Å². The van der Waals surface area contributed by atoms with Crippen molar-refractivity contribution >= 4 is 19.8 Å². The van der Waals surface area contributed by atoms with Crippen LogP contribution in [0.25, 0.3) is 0 Å². The van der Waals surface area contributed by atoms with Crippen LogP contribution in [0.5, 0.6) is 0 Å². The number of phosphoric acid groups is 1. The smallest absolute Gasteiger partial charge is 0.462 e. The fourth-order valence-electron chi connectivity index (χ4n) is 9.89. The zero-order valence-corrected chi connectivity index (χ0v) is 54.8. The quantitative estimate of drug-likeness (QED) is 0.0264. The monoisotopic (exact) mass is 1180 g/mol. The Morgan fingerprint density at radius 1 is 0.373 bits per heavy atom. The van der Waals surface area contributed by atoms with E-state index in [4.69, 9.17) is 24.3 Å². The number of nitrogens with two attached hydrogens (primary N) is 1. The van der Waals surface area contributed by atoms with Crippen molar-refractivity contribution in [3.8, 4) is 0 Å². The van der Waals surface area contributed by atoms with E-state index in [0.717, 1.165) is 83.5 Å². The molecule has 0 bridgehead atoms. The lowest BCUT2D eigenvalue weighted by molar-refractivity contribution is -0.161. The minimum atomic E-state index is -4.41. The van der Waals surface area contributed by atoms with Gasteiger partial charge in [0.2, 0.25) is 0 Å². The van der Waals surface area contributed by atoms with Gasteiger partial charge in [-0.15, -0.1) is 0 Å². The molecule has 0 aliphatic heterocycles. The predicted octanol–water partition coefficient (Wildman–Crippen LogP) is 22.7. The molecule has 10 heteroatoms. The lowest BCUT2D eigenvalue weighted by Gasteiger charge is -2.19. The van der Waals surface area contributed by atoms with Gasteiger partial charge in [0.15, 0.2) is 6.10 Å². The molecule has 3 N–H and O–H groups in total. The maximum absolute atomic E-state index is 12.7. The molecule has 0 aliphatic rings. The van der Waals surface area contributed by atoms with Crippen LogP contribution >= 0.6 is 7.82 Å². The summed E-state index contributed by atoms with van der Waals surface area (Å²) in [7, 11) is -4.41. The molecule has 480 valence electrons. The van der Waals surface area contributed by atoms with Crippen molar-refractivity contribution in [1.29, 1.82) is 0 Å². The zero-order chi connectivity index (χ0) is 60.1. The molecular weight excluding hydrogens is 1050 g/mol. The second kappa shape index (κ2) is 68.0. The summed E-state index contributed by atoms with van der Waals surface area (Å²) in [6.07, 6.45) is 92.4. The number of esters is 2. The van der Waals surface area contributed by atoms with E-state index in [-0.39, 0.29) is 38.6 Å². The minimum absolute atomic E-state index is 0.0423. The lowest BCUT2D eigenvalue weighted by Crippen LogP contribution is -2.29. The highest BCUT2D eigenvalue weighted by atomic mass is 31.2. The third-order valence-electron chi connectivity index (χ3n) is 15.0. The first kappa shape index (κ1) is 79.9. The van der Waals surface area contributed by atoms with Crippen LogP contribution in [0.2, 0.25) is 0 Å². The molecular formula is C73H130NO8P. The molecule has 2 unspecified atom stereocenters. The fraction of sp³-hybridized carbons (Fsp3) is 0.753. The summed E-state index contributed by atoms with van der Waals surface area (Å²) in [6.45, 7) is 3.61. The molecule has 0 aromatic heterocycles. The van der Waals surface area contributed by atoms with Gasteiger partial charge in [0.25, 0.3) is 0 Å². The molecule has 83 heavy (non-hydrogen) atoms. The first-order valence-corrected chi connectivity index (χ1v) is 36.2. The highest BCUT2D eigenvalue weighted by molar-refractivity contribution is 7.47. The number of carbonyl (C=O) groups is 2. The van der Waals surface area contributed by atoms with Gasteiger partial charge in [0.1, 0.15) is 6.61 Å². The third kappa shape index (κ3) is 67.9. The van der Waals surface area contributed by atoms with Crippen molar-refractivity contribution in [2.24, 2.45) is 5.73 Å². The van der Waals surface area contributed by atoms with Crippen LogP contribution < -0.4 is 5.73 Å². The van der Waals surface area contributed by atoms with Gasteiger partial charge >= 0.3 is 19.8 Å². The van der Waals surface area contributed by atoms with Crippen LogP contribution in [0.4, 0.5) is 0 Å². The summed E-state index contributed by atoms with van der Waals surface area (Å²) in [4.78, 5) is 35.3. The van der Waals surface area contributed by atoms with E-state index in [2.05, 4.69) is 111 Å². The molecule has 0 radical (unpaired) electrons. The third-order valence-corrected chi connectivity index (χ3v) is 16.0. The molecule has 0 rings (SSSR count). The average Bonchev–Trinajstić information content (AvgIpc) is 3.48. The first-order valence-electron chi connectivity index (χ1n) is 34.7. The summed E-state index contributed by atoms with van der Waals surface area (Å²) in [5.41, 5.74) is 5.39. The number of carbonyl (C=O) groups excluding carboxylic acids is 2. The van der Waals surface area contributed by atoms with Crippen LogP contribution in [0.15, 0.2) is 97.2 Å². The van der Waals surface area contributed by atoms with Crippen molar-refractivity contribution in [2.75, 3.05) is 26.4 Å². The van der Waals surface area contributed by atoms with Gasteiger partial charge in [-0.2, -0.15) is 0 Å². The summed E-state index contributed by atoms with van der Waals surface area (Å²) in [5, 5.41) is 0. The summed E-state index contributed by atoms with van der Waals surface area (Å²) >= 11 is 0. The van der Waals surface area contributed by atoms with Gasteiger partial charge in [0.05, 0.1) is 13.2 Å². The number of rotatable bonds is 65.